The van der Waals surface area contributed by atoms with Gasteiger partial charge in [-0.15, -0.1) is 0 Å². The van der Waals surface area contributed by atoms with Gasteiger partial charge in [-0.3, -0.25) is 4.57 Å². The maximum Gasteiger partial charge on any atom is 0.419 e. The zero-order chi connectivity index (χ0) is 13.1. The van der Waals surface area contributed by atoms with Crippen molar-refractivity contribution in [1.29, 1.82) is 0 Å². The molecule has 6 heteroatoms. The van der Waals surface area contributed by atoms with Gasteiger partial charge in [-0.1, -0.05) is 6.07 Å². The molecule has 3 N–H and O–H groups in total. The second-order valence-electron chi connectivity index (χ2n) is 4.17. The van der Waals surface area contributed by atoms with E-state index in [1.165, 1.54) is 4.57 Å². The summed E-state index contributed by atoms with van der Waals surface area (Å²) in [5, 5.41) is 20.9. The first kappa shape index (κ1) is 12.8. The molecule has 0 amide bonds. The van der Waals surface area contributed by atoms with Gasteiger partial charge in [-0.2, -0.15) is 0 Å². The summed E-state index contributed by atoms with van der Waals surface area (Å²) < 4.78 is 6.52. The van der Waals surface area contributed by atoms with E-state index >= 15 is 0 Å². The van der Waals surface area contributed by atoms with E-state index in [4.69, 9.17) is 14.6 Å². The van der Waals surface area contributed by atoms with E-state index in [1.807, 2.05) is 12.1 Å². The molecular weight excluding hydrogens is 236 g/mol. The van der Waals surface area contributed by atoms with Crippen molar-refractivity contribution < 1.29 is 14.6 Å². The van der Waals surface area contributed by atoms with Crippen LogP contribution in [-0.4, -0.2) is 34.0 Å². The molecule has 1 heterocycles. The maximum absolute atomic E-state index is 11.3. The number of aryl methyl sites for hydroxylation is 1. The van der Waals surface area contributed by atoms with E-state index in [2.05, 4.69) is 5.32 Å². The SMILES string of the molecule is Cn1c(=O)oc2cc(CNC(CO)CO)ccc21. The minimum atomic E-state index is -0.390. The lowest BCUT2D eigenvalue weighted by Crippen LogP contribution is -2.35. The summed E-state index contributed by atoms with van der Waals surface area (Å²) in [5.74, 6) is -0.390. The number of rotatable bonds is 5. The third kappa shape index (κ3) is 2.45. The average Bonchev–Trinajstić information content (AvgIpc) is 2.66. The highest BCUT2D eigenvalue weighted by Crippen LogP contribution is 2.14. The minimum absolute atomic E-state index is 0.126. The molecule has 0 aliphatic rings. The van der Waals surface area contributed by atoms with Gasteiger partial charge in [0.05, 0.1) is 24.8 Å². The molecule has 0 radical (unpaired) electrons. The number of oxazole rings is 1. The number of nitrogens with one attached hydrogen (secondary N) is 1. The van der Waals surface area contributed by atoms with Crippen molar-refractivity contribution in [2.24, 2.45) is 7.05 Å². The van der Waals surface area contributed by atoms with Gasteiger partial charge in [0, 0.05) is 13.6 Å². The van der Waals surface area contributed by atoms with Crippen LogP contribution >= 0.6 is 0 Å². The van der Waals surface area contributed by atoms with E-state index in [0.717, 1.165) is 11.1 Å². The van der Waals surface area contributed by atoms with Gasteiger partial charge in [0.2, 0.25) is 0 Å². The predicted octanol–water partition coefficient (Wildman–Crippen LogP) is -0.426. The van der Waals surface area contributed by atoms with Crippen LogP contribution in [0.25, 0.3) is 11.1 Å². The molecule has 1 aromatic heterocycles. The number of benzene rings is 1. The number of hydrogen-bond acceptors (Lipinski definition) is 5. The van der Waals surface area contributed by atoms with Gasteiger partial charge >= 0.3 is 5.76 Å². The normalized spacial score (nSPS) is 11.6. The molecule has 0 saturated heterocycles. The van der Waals surface area contributed by atoms with Crippen molar-refractivity contribution >= 4 is 11.1 Å². The van der Waals surface area contributed by atoms with E-state index < -0.39 is 5.76 Å². The van der Waals surface area contributed by atoms with Crippen LogP contribution < -0.4 is 11.1 Å². The lowest BCUT2D eigenvalue weighted by Gasteiger charge is -2.12. The Morgan fingerprint density at radius 2 is 2.11 bits per heavy atom. The first-order chi connectivity index (χ1) is 8.65. The fraction of sp³-hybridized carbons (Fsp3) is 0.417. The van der Waals surface area contributed by atoms with Gasteiger partial charge in [0.15, 0.2) is 5.58 Å². The largest absolute Gasteiger partial charge is 0.419 e. The van der Waals surface area contributed by atoms with Crippen LogP contribution in [0.15, 0.2) is 27.4 Å². The van der Waals surface area contributed by atoms with Gasteiger partial charge in [0.25, 0.3) is 0 Å². The molecule has 0 saturated carbocycles. The summed E-state index contributed by atoms with van der Waals surface area (Å²) in [7, 11) is 1.65. The van der Waals surface area contributed by atoms with E-state index in [1.54, 1.807) is 13.1 Å². The zero-order valence-electron chi connectivity index (χ0n) is 10.1. The Hall–Kier alpha value is -1.63. The van der Waals surface area contributed by atoms with Gasteiger partial charge in [-0.25, -0.2) is 4.79 Å². The Morgan fingerprint density at radius 3 is 2.78 bits per heavy atom. The van der Waals surface area contributed by atoms with E-state index in [0.29, 0.717) is 12.1 Å². The highest BCUT2D eigenvalue weighted by atomic mass is 16.4. The van der Waals surface area contributed by atoms with Crippen molar-refractivity contribution in [1.82, 2.24) is 9.88 Å². The highest BCUT2D eigenvalue weighted by molar-refractivity contribution is 5.73. The van der Waals surface area contributed by atoms with Crippen molar-refractivity contribution in [2.45, 2.75) is 12.6 Å². The standard InChI is InChI=1S/C12H16N2O4/c1-14-10-3-2-8(4-11(10)18-12(14)17)5-13-9(6-15)7-16/h2-4,9,13,15-16H,5-7H2,1H3. The Labute approximate surface area is 103 Å². The van der Waals surface area contributed by atoms with Crippen LogP contribution in [0.1, 0.15) is 5.56 Å². The summed E-state index contributed by atoms with van der Waals surface area (Å²) in [6.07, 6.45) is 0. The molecule has 0 atom stereocenters. The van der Waals surface area contributed by atoms with E-state index in [-0.39, 0.29) is 19.3 Å². The number of fused-ring (bicyclic) bond motifs is 1. The van der Waals surface area contributed by atoms with Crippen molar-refractivity contribution in [3.63, 3.8) is 0 Å². The average molecular weight is 252 g/mol. The van der Waals surface area contributed by atoms with E-state index in [9.17, 15) is 4.79 Å². The van der Waals surface area contributed by atoms with Crippen LogP contribution in [-0.2, 0) is 13.6 Å². The fourth-order valence-electron chi connectivity index (χ4n) is 1.74. The first-order valence-corrected chi connectivity index (χ1v) is 5.69. The van der Waals surface area contributed by atoms with Crippen molar-refractivity contribution in [2.75, 3.05) is 13.2 Å². The molecule has 0 aliphatic carbocycles. The summed E-state index contributed by atoms with van der Waals surface area (Å²) in [4.78, 5) is 11.3. The Balaban J connectivity index is 2.18. The quantitative estimate of drug-likeness (QED) is 0.672. The third-order valence-corrected chi connectivity index (χ3v) is 2.89. The van der Waals surface area contributed by atoms with Crippen LogP contribution in [0, 0.1) is 0 Å². The highest BCUT2D eigenvalue weighted by Gasteiger charge is 2.08. The molecule has 2 aromatic rings. The molecule has 0 bridgehead atoms. The predicted molar refractivity (Wildman–Crippen MR) is 66.3 cm³/mol. The molecular formula is C12H16N2O4. The molecule has 0 aliphatic heterocycles. The Kier molecular flexibility index (Phi) is 3.81. The first-order valence-electron chi connectivity index (χ1n) is 5.69. The number of nitrogens with zero attached hydrogens (tertiary/aromatic N) is 1. The summed E-state index contributed by atoms with van der Waals surface area (Å²) >= 11 is 0. The molecule has 0 fully saturated rings. The monoisotopic (exact) mass is 252 g/mol. The van der Waals surface area contributed by atoms with Crippen molar-refractivity contribution in [3.8, 4) is 0 Å². The topological polar surface area (TPSA) is 87.6 Å². The second kappa shape index (κ2) is 5.34. The lowest BCUT2D eigenvalue weighted by atomic mass is 10.2. The van der Waals surface area contributed by atoms with Crippen molar-refractivity contribution in [3.05, 3.63) is 34.3 Å². The Morgan fingerprint density at radius 1 is 1.39 bits per heavy atom. The zero-order valence-corrected chi connectivity index (χ0v) is 10.1. The van der Waals surface area contributed by atoms with Crippen LogP contribution in [0.2, 0.25) is 0 Å². The van der Waals surface area contributed by atoms with Crippen LogP contribution in [0.3, 0.4) is 0 Å². The molecule has 0 unspecified atom stereocenters. The number of hydrogen-bond donors (Lipinski definition) is 3. The number of aromatic nitrogens is 1. The third-order valence-electron chi connectivity index (χ3n) is 2.89. The maximum atomic E-state index is 11.3. The summed E-state index contributed by atoms with van der Waals surface area (Å²) in [6.45, 7) is 0.235. The fourth-order valence-corrected chi connectivity index (χ4v) is 1.74. The molecule has 2 rings (SSSR count). The van der Waals surface area contributed by atoms with Crippen LogP contribution in [0.5, 0.6) is 0 Å². The number of aliphatic hydroxyl groups excluding tert-OH is 2. The number of aliphatic hydroxyl groups is 2. The van der Waals surface area contributed by atoms with Gasteiger partial charge < -0.3 is 19.9 Å². The second-order valence-corrected chi connectivity index (χ2v) is 4.17. The minimum Gasteiger partial charge on any atom is -0.408 e. The molecule has 0 spiro atoms. The van der Waals surface area contributed by atoms with Gasteiger partial charge in [0.1, 0.15) is 0 Å². The Bertz CT molecular complexity index is 583. The molecule has 6 nitrogen and oxygen atoms in total. The van der Waals surface area contributed by atoms with Crippen LogP contribution in [0.4, 0.5) is 0 Å². The summed E-state index contributed by atoms with van der Waals surface area (Å²) in [6, 6.07) is 5.11. The smallest absolute Gasteiger partial charge is 0.408 e. The molecule has 1 aromatic carbocycles. The molecule has 98 valence electrons. The lowest BCUT2D eigenvalue weighted by molar-refractivity contribution is 0.170. The summed E-state index contributed by atoms with van der Waals surface area (Å²) in [5.41, 5.74) is 2.19. The molecule has 18 heavy (non-hydrogen) atoms. The van der Waals surface area contributed by atoms with Gasteiger partial charge in [-0.05, 0) is 17.7 Å².